The van der Waals surface area contributed by atoms with E-state index in [-0.39, 0.29) is 0 Å². The highest BCUT2D eigenvalue weighted by Crippen LogP contribution is 2.31. The fourth-order valence-corrected chi connectivity index (χ4v) is 1.98. The van der Waals surface area contributed by atoms with Gasteiger partial charge in [-0.15, -0.1) is 0 Å². The van der Waals surface area contributed by atoms with Gasteiger partial charge in [-0.1, -0.05) is 11.6 Å². The molecule has 3 aromatic rings. The Morgan fingerprint density at radius 1 is 1.19 bits per heavy atom. The maximum atomic E-state index is 6.04. The molecule has 2 heterocycles. The first-order valence-corrected chi connectivity index (χ1v) is 6.43. The average Bonchev–Trinajstić information content (AvgIpc) is 3.16. The molecule has 0 atom stereocenters. The Hall–Kier alpha value is -2.67. The van der Waals surface area contributed by atoms with Crippen molar-refractivity contribution in [3.05, 3.63) is 54.3 Å². The van der Waals surface area contributed by atoms with E-state index in [1.54, 1.807) is 56.4 Å². The Kier molecular flexibility index (Phi) is 3.65. The van der Waals surface area contributed by atoms with Crippen LogP contribution in [0.15, 0.2) is 59.8 Å². The molecule has 0 aliphatic heterocycles. The molecule has 7 nitrogen and oxygen atoms in total. The number of aromatic nitrogens is 4. The Morgan fingerprint density at radius 3 is 2.86 bits per heavy atom. The molecule has 106 valence electrons. The van der Waals surface area contributed by atoms with E-state index in [0.717, 1.165) is 5.56 Å². The van der Waals surface area contributed by atoms with Crippen LogP contribution in [0.25, 0.3) is 11.4 Å². The predicted molar refractivity (Wildman–Crippen MR) is 77.1 cm³/mol. The molecule has 0 aliphatic rings. The highest BCUT2D eigenvalue weighted by molar-refractivity contribution is 6.30. The number of ether oxygens (including phenoxy) is 1. The number of nitrogens with zero attached hydrogens (tertiary/aromatic N) is 6. The first-order chi connectivity index (χ1) is 10.3. The summed E-state index contributed by atoms with van der Waals surface area (Å²) in [7, 11) is 1.59. The van der Waals surface area contributed by atoms with Crippen LogP contribution < -0.4 is 4.74 Å². The monoisotopic (exact) mass is 302 g/mol. The van der Waals surface area contributed by atoms with Gasteiger partial charge in [0.2, 0.25) is 0 Å². The summed E-state index contributed by atoms with van der Waals surface area (Å²) in [6.07, 6.45) is 8.16. The van der Waals surface area contributed by atoms with Gasteiger partial charge < -0.3 is 4.74 Å². The van der Waals surface area contributed by atoms with Gasteiger partial charge in [-0.05, 0) is 28.6 Å². The van der Waals surface area contributed by atoms with Gasteiger partial charge in [-0.3, -0.25) is 0 Å². The molecule has 0 bridgehead atoms. The molecule has 0 aliphatic carbocycles. The van der Waals surface area contributed by atoms with Gasteiger partial charge in [-0.25, -0.2) is 19.3 Å². The van der Waals surface area contributed by atoms with E-state index >= 15 is 0 Å². The number of methoxy groups -OCH3 is 1. The van der Waals surface area contributed by atoms with E-state index in [1.807, 2.05) is 0 Å². The number of benzene rings is 1. The van der Waals surface area contributed by atoms with Crippen molar-refractivity contribution in [2.45, 2.75) is 0 Å². The number of hydrogen-bond donors (Lipinski definition) is 0. The Labute approximate surface area is 125 Å². The molecule has 2 aromatic heterocycles. The topological polar surface area (TPSA) is 69.6 Å². The summed E-state index contributed by atoms with van der Waals surface area (Å²) in [5, 5.41) is 8.68. The molecule has 21 heavy (non-hydrogen) atoms. The Morgan fingerprint density at radius 2 is 2.10 bits per heavy atom. The lowest BCUT2D eigenvalue weighted by Crippen LogP contribution is -1.95. The molecule has 0 radical (unpaired) electrons. The molecule has 0 fully saturated rings. The van der Waals surface area contributed by atoms with Crippen molar-refractivity contribution in [1.29, 1.82) is 0 Å². The van der Waals surface area contributed by atoms with Gasteiger partial charge >= 0.3 is 0 Å². The van der Waals surface area contributed by atoms with Gasteiger partial charge in [-0.2, -0.15) is 0 Å². The molecule has 8 heteroatoms. The Balaban J connectivity index is 2.01. The van der Waals surface area contributed by atoms with Crippen molar-refractivity contribution in [2.75, 3.05) is 7.11 Å². The molecule has 0 saturated heterocycles. The zero-order chi connectivity index (χ0) is 14.7. The van der Waals surface area contributed by atoms with E-state index in [1.165, 1.54) is 9.35 Å². The summed E-state index contributed by atoms with van der Waals surface area (Å²) in [5.41, 5.74) is 0.736. The van der Waals surface area contributed by atoms with Crippen molar-refractivity contribution < 1.29 is 4.74 Å². The summed E-state index contributed by atoms with van der Waals surface area (Å²) in [6.45, 7) is 0. The smallest absolute Gasteiger partial charge is 0.166 e. The Bertz CT molecular complexity index is 765. The lowest BCUT2D eigenvalue weighted by Gasteiger charge is -2.08. The van der Waals surface area contributed by atoms with Crippen LogP contribution in [0.2, 0.25) is 5.02 Å². The fourth-order valence-electron chi connectivity index (χ4n) is 1.81. The van der Waals surface area contributed by atoms with E-state index < -0.39 is 0 Å². The van der Waals surface area contributed by atoms with Crippen LogP contribution in [0, 0.1) is 0 Å². The van der Waals surface area contributed by atoms with Crippen LogP contribution in [0.1, 0.15) is 0 Å². The molecule has 0 N–H and O–H groups in total. The molecule has 0 amide bonds. The minimum atomic E-state index is 0.582. The molecular formula is C13H11ClN6O. The third-order valence-electron chi connectivity index (χ3n) is 2.75. The van der Waals surface area contributed by atoms with E-state index in [9.17, 15) is 0 Å². The quantitative estimate of drug-likeness (QED) is 0.695. The second kappa shape index (κ2) is 5.76. The molecule has 0 unspecified atom stereocenters. The summed E-state index contributed by atoms with van der Waals surface area (Å²) >= 11 is 6.04. The predicted octanol–water partition coefficient (Wildman–Crippen LogP) is 3.09. The number of rotatable bonds is 4. The first-order valence-electron chi connectivity index (χ1n) is 6.05. The summed E-state index contributed by atoms with van der Waals surface area (Å²) < 4.78 is 8.35. The number of imidazole rings is 2. The zero-order valence-corrected chi connectivity index (χ0v) is 11.8. The third-order valence-corrected chi connectivity index (χ3v) is 2.99. The van der Waals surface area contributed by atoms with Crippen molar-refractivity contribution in [3.63, 3.8) is 0 Å². The zero-order valence-electron chi connectivity index (χ0n) is 11.1. The van der Waals surface area contributed by atoms with Crippen LogP contribution in [0.4, 0.5) is 0 Å². The van der Waals surface area contributed by atoms with Gasteiger partial charge in [0, 0.05) is 17.4 Å². The maximum absolute atomic E-state index is 6.04. The second-order valence-corrected chi connectivity index (χ2v) is 4.50. The number of hydrogen-bond acceptors (Lipinski definition) is 5. The van der Waals surface area contributed by atoms with Gasteiger partial charge in [0.05, 0.1) is 25.1 Å². The van der Waals surface area contributed by atoms with Gasteiger partial charge in [0.25, 0.3) is 0 Å². The standard InChI is InChI=1S/C13H11ClN6O/c1-21-12-3-2-10(14)8-11(12)13-16-5-7-20(13)18-17-19-6-4-15-9-19/h2-9H,1H3. The lowest BCUT2D eigenvalue weighted by atomic mass is 10.2. The minimum absolute atomic E-state index is 0.582. The van der Waals surface area contributed by atoms with Crippen LogP contribution >= 0.6 is 11.6 Å². The number of halogens is 1. The maximum Gasteiger partial charge on any atom is 0.166 e. The highest BCUT2D eigenvalue weighted by atomic mass is 35.5. The minimum Gasteiger partial charge on any atom is -0.496 e. The van der Waals surface area contributed by atoms with Crippen LogP contribution in [-0.2, 0) is 0 Å². The molecule has 0 spiro atoms. The summed E-state index contributed by atoms with van der Waals surface area (Å²) in [4.78, 5) is 8.17. The largest absolute Gasteiger partial charge is 0.496 e. The fraction of sp³-hybridized carbons (Fsp3) is 0.0769. The normalized spacial score (nSPS) is 11.1. The molecule has 0 saturated carbocycles. The van der Waals surface area contributed by atoms with Crippen LogP contribution in [-0.4, -0.2) is 26.4 Å². The van der Waals surface area contributed by atoms with E-state index in [2.05, 4.69) is 20.4 Å². The van der Waals surface area contributed by atoms with Crippen LogP contribution in [0.3, 0.4) is 0 Å². The molecule has 1 aromatic carbocycles. The molecule has 3 rings (SSSR count). The highest BCUT2D eigenvalue weighted by Gasteiger charge is 2.12. The SMILES string of the molecule is COc1ccc(Cl)cc1-c1nccn1N=Nn1ccnc1. The lowest BCUT2D eigenvalue weighted by molar-refractivity contribution is 0.416. The average molecular weight is 303 g/mol. The van der Waals surface area contributed by atoms with Crippen molar-refractivity contribution in [1.82, 2.24) is 19.3 Å². The van der Waals surface area contributed by atoms with Crippen LogP contribution in [0.5, 0.6) is 5.75 Å². The summed E-state index contributed by atoms with van der Waals surface area (Å²) in [5.74, 6) is 1.24. The van der Waals surface area contributed by atoms with Crippen molar-refractivity contribution in [2.24, 2.45) is 10.4 Å². The summed E-state index contributed by atoms with van der Waals surface area (Å²) in [6, 6.07) is 5.31. The molecular weight excluding hydrogens is 292 g/mol. The van der Waals surface area contributed by atoms with Crippen molar-refractivity contribution >= 4 is 11.6 Å². The van der Waals surface area contributed by atoms with E-state index in [0.29, 0.717) is 16.6 Å². The van der Waals surface area contributed by atoms with Gasteiger partial charge in [0.15, 0.2) is 5.82 Å². The van der Waals surface area contributed by atoms with E-state index in [4.69, 9.17) is 16.3 Å². The second-order valence-electron chi connectivity index (χ2n) is 4.06. The van der Waals surface area contributed by atoms with Crippen molar-refractivity contribution in [3.8, 4) is 17.1 Å². The third kappa shape index (κ3) is 2.77. The first kappa shape index (κ1) is 13.3. The van der Waals surface area contributed by atoms with Gasteiger partial charge in [0.1, 0.15) is 12.1 Å².